The van der Waals surface area contributed by atoms with Crippen molar-refractivity contribution in [1.82, 2.24) is 5.32 Å². The summed E-state index contributed by atoms with van der Waals surface area (Å²) < 4.78 is 38.5. The molecule has 0 aliphatic heterocycles. The van der Waals surface area contributed by atoms with E-state index < -0.39 is 12.1 Å². The predicted octanol–water partition coefficient (Wildman–Crippen LogP) is 5.31. The molecule has 2 rings (SSSR count). The number of nitrogens with one attached hydrogen (secondary N) is 1. The zero-order valence-corrected chi connectivity index (χ0v) is 13.2. The van der Waals surface area contributed by atoms with Gasteiger partial charge in [-0.1, -0.05) is 17.7 Å². The Morgan fingerprint density at radius 1 is 1.20 bits per heavy atom. The molecule has 0 aromatic heterocycles. The lowest BCUT2D eigenvalue weighted by Gasteiger charge is -2.30. The Hall–Kier alpha value is -0.260. The quantitative estimate of drug-likeness (QED) is 0.760. The number of rotatable bonds is 3. The summed E-state index contributed by atoms with van der Waals surface area (Å²) in [5.74, 6) is -1.12. The van der Waals surface area contributed by atoms with E-state index in [0.717, 1.165) is 10.0 Å². The number of benzene rings is 1. The third kappa shape index (κ3) is 4.37. The lowest BCUT2D eigenvalue weighted by atomic mass is 9.85. The maximum absolute atomic E-state index is 12.6. The minimum atomic E-state index is -4.04. The second-order valence-electron chi connectivity index (χ2n) is 5.22. The van der Waals surface area contributed by atoms with Gasteiger partial charge in [-0.05, 0) is 59.3 Å². The molecule has 0 saturated heterocycles. The Morgan fingerprint density at radius 2 is 1.85 bits per heavy atom. The molecular formula is C14H16BrClF3N. The van der Waals surface area contributed by atoms with E-state index in [1.807, 2.05) is 18.2 Å². The Kier molecular flexibility index (Phi) is 5.37. The highest BCUT2D eigenvalue weighted by molar-refractivity contribution is 9.10. The van der Waals surface area contributed by atoms with Crippen LogP contribution in [0.3, 0.4) is 0 Å². The first kappa shape index (κ1) is 16.1. The van der Waals surface area contributed by atoms with E-state index in [-0.39, 0.29) is 18.9 Å². The summed E-state index contributed by atoms with van der Waals surface area (Å²) in [6.45, 7) is 0.633. The van der Waals surface area contributed by atoms with Crippen LogP contribution in [-0.4, -0.2) is 12.2 Å². The summed E-state index contributed by atoms with van der Waals surface area (Å²) in [5, 5.41) is 3.96. The highest BCUT2D eigenvalue weighted by Gasteiger charge is 2.41. The summed E-state index contributed by atoms with van der Waals surface area (Å²) in [4.78, 5) is 0. The molecular weight excluding hydrogens is 355 g/mol. The monoisotopic (exact) mass is 369 g/mol. The molecule has 1 fully saturated rings. The van der Waals surface area contributed by atoms with Crippen molar-refractivity contribution in [3.63, 3.8) is 0 Å². The van der Waals surface area contributed by atoms with Crippen molar-refractivity contribution in [3.05, 3.63) is 33.3 Å². The molecule has 0 unspecified atom stereocenters. The first-order valence-electron chi connectivity index (χ1n) is 6.60. The molecule has 20 heavy (non-hydrogen) atoms. The van der Waals surface area contributed by atoms with E-state index >= 15 is 0 Å². The van der Waals surface area contributed by atoms with Crippen molar-refractivity contribution in [2.45, 2.75) is 44.4 Å². The third-order valence-corrected chi connectivity index (χ3v) is 5.00. The van der Waals surface area contributed by atoms with E-state index in [4.69, 9.17) is 11.6 Å². The van der Waals surface area contributed by atoms with Crippen molar-refractivity contribution in [1.29, 1.82) is 0 Å². The standard InChI is InChI=1S/C14H16BrClF3N/c15-12-6-1-9(7-13(12)16)8-20-11-4-2-10(3-5-11)14(17,18)19/h1,6-7,10-11,20H,2-5,8H2. The number of halogens is 5. The largest absolute Gasteiger partial charge is 0.391 e. The summed E-state index contributed by atoms with van der Waals surface area (Å²) in [7, 11) is 0. The van der Waals surface area contributed by atoms with Crippen LogP contribution in [-0.2, 0) is 6.54 Å². The van der Waals surface area contributed by atoms with Crippen LogP contribution in [0.4, 0.5) is 13.2 Å². The van der Waals surface area contributed by atoms with Gasteiger partial charge >= 0.3 is 6.18 Å². The van der Waals surface area contributed by atoms with Gasteiger partial charge in [0, 0.05) is 17.1 Å². The number of alkyl halides is 3. The predicted molar refractivity (Wildman–Crippen MR) is 77.8 cm³/mol. The molecule has 0 radical (unpaired) electrons. The van der Waals surface area contributed by atoms with Gasteiger partial charge in [-0.25, -0.2) is 0 Å². The van der Waals surface area contributed by atoms with Crippen molar-refractivity contribution in [2.75, 3.05) is 0 Å². The topological polar surface area (TPSA) is 12.0 Å². The molecule has 0 bridgehead atoms. The fourth-order valence-electron chi connectivity index (χ4n) is 2.54. The molecule has 1 aromatic carbocycles. The first-order chi connectivity index (χ1) is 9.36. The van der Waals surface area contributed by atoms with Gasteiger partial charge < -0.3 is 5.32 Å². The van der Waals surface area contributed by atoms with Crippen LogP contribution >= 0.6 is 27.5 Å². The summed E-state index contributed by atoms with van der Waals surface area (Å²) in [6.07, 6.45) is -2.43. The molecule has 0 atom stereocenters. The molecule has 112 valence electrons. The van der Waals surface area contributed by atoms with Gasteiger partial charge in [-0.2, -0.15) is 13.2 Å². The zero-order chi connectivity index (χ0) is 14.8. The molecule has 0 spiro atoms. The minimum absolute atomic E-state index is 0.163. The molecule has 1 aliphatic rings. The van der Waals surface area contributed by atoms with E-state index in [0.29, 0.717) is 24.4 Å². The Balaban J connectivity index is 1.80. The smallest absolute Gasteiger partial charge is 0.310 e. The van der Waals surface area contributed by atoms with Gasteiger partial charge in [0.1, 0.15) is 0 Å². The van der Waals surface area contributed by atoms with Crippen LogP contribution in [0, 0.1) is 5.92 Å². The summed E-state index contributed by atoms with van der Waals surface area (Å²) >= 11 is 9.33. The SMILES string of the molecule is FC(F)(F)C1CCC(NCc2ccc(Br)c(Cl)c2)CC1. The molecule has 1 nitrogen and oxygen atoms in total. The number of hydrogen-bond donors (Lipinski definition) is 1. The maximum atomic E-state index is 12.6. The van der Waals surface area contributed by atoms with E-state index in [1.54, 1.807) is 0 Å². The second kappa shape index (κ2) is 6.67. The van der Waals surface area contributed by atoms with Crippen molar-refractivity contribution < 1.29 is 13.2 Å². The average molecular weight is 371 g/mol. The van der Waals surface area contributed by atoms with E-state index in [1.165, 1.54) is 0 Å². The average Bonchev–Trinajstić information content (AvgIpc) is 2.40. The highest BCUT2D eigenvalue weighted by atomic mass is 79.9. The Labute approximate surface area is 130 Å². The Morgan fingerprint density at radius 3 is 2.40 bits per heavy atom. The zero-order valence-electron chi connectivity index (χ0n) is 10.8. The van der Waals surface area contributed by atoms with Crippen LogP contribution < -0.4 is 5.32 Å². The van der Waals surface area contributed by atoms with Gasteiger partial charge in [-0.15, -0.1) is 0 Å². The fraction of sp³-hybridized carbons (Fsp3) is 0.571. The highest BCUT2D eigenvalue weighted by Crippen LogP contribution is 2.37. The van der Waals surface area contributed by atoms with Gasteiger partial charge in [0.15, 0.2) is 0 Å². The molecule has 6 heteroatoms. The summed E-state index contributed by atoms with van der Waals surface area (Å²) in [6, 6.07) is 5.85. The normalized spacial score (nSPS) is 23.9. The third-order valence-electron chi connectivity index (χ3n) is 3.77. The molecule has 0 amide bonds. The molecule has 0 heterocycles. The van der Waals surface area contributed by atoms with Gasteiger partial charge in [0.25, 0.3) is 0 Å². The second-order valence-corrected chi connectivity index (χ2v) is 6.48. The first-order valence-corrected chi connectivity index (χ1v) is 7.77. The molecule has 1 saturated carbocycles. The van der Waals surface area contributed by atoms with Crippen LogP contribution in [0.15, 0.2) is 22.7 Å². The van der Waals surface area contributed by atoms with Crippen LogP contribution in [0.2, 0.25) is 5.02 Å². The number of hydrogen-bond acceptors (Lipinski definition) is 1. The van der Waals surface area contributed by atoms with Crippen LogP contribution in [0.1, 0.15) is 31.2 Å². The molecule has 1 aromatic rings. The minimum Gasteiger partial charge on any atom is -0.310 e. The van der Waals surface area contributed by atoms with E-state index in [2.05, 4.69) is 21.2 Å². The van der Waals surface area contributed by atoms with Crippen molar-refractivity contribution in [3.8, 4) is 0 Å². The van der Waals surface area contributed by atoms with Gasteiger partial charge in [0.2, 0.25) is 0 Å². The fourth-order valence-corrected chi connectivity index (χ4v) is 2.99. The van der Waals surface area contributed by atoms with Gasteiger partial charge in [0.05, 0.1) is 10.9 Å². The van der Waals surface area contributed by atoms with Crippen molar-refractivity contribution >= 4 is 27.5 Å². The summed E-state index contributed by atoms with van der Waals surface area (Å²) in [5.41, 5.74) is 1.04. The maximum Gasteiger partial charge on any atom is 0.391 e. The van der Waals surface area contributed by atoms with Gasteiger partial charge in [-0.3, -0.25) is 0 Å². The lowest BCUT2D eigenvalue weighted by Crippen LogP contribution is -2.36. The Bertz CT molecular complexity index is 456. The van der Waals surface area contributed by atoms with Crippen molar-refractivity contribution in [2.24, 2.45) is 5.92 Å². The van der Waals surface area contributed by atoms with E-state index in [9.17, 15) is 13.2 Å². The van der Waals surface area contributed by atoms with Crippen LogP contribution in [0.25, 0.3) is 0 Å². The molecule has 1 aliphatic carbocycles. The van der Waals surface area contributed by atoms with Crippen LogP contribution in [0.5, 0.6) is 0 Å². The lowest BCUT2D eigenvalue weighted by molar-refractivity contribution is -0.182. The molecule has 1 N–H and O–H groups in total.